The Labute approximate surface area is 265 Å². The van der Waals surface area contributed by atoms with Gasteiger partial charge < -0.3 is 25.0 Å². The van der Waals surface area contributed by atoms with E-state index < -0.39 is 0 Å². The van der Waals surface area contributed by atoms with E-state index in [-0.39, 0.29) is 17.6 Å². The number of ether oxygens (including phenoxy) is 2. The Balaban J connectivity index is 0.000000180. The number of Topliss-reactive ketones (excluding diaryl/α,β-unsaturated/α-hetero) is 2. The summed E-state index contributed by atoms with van der Waals surface area (Å²) in [5.41, 5.74) is 11.3. The minimum atomic E-state index is 0.154. The second kappa shape index (κ2) is 18.6. The Morgan fingerprint density at radius 1 is 0.721 bits per heavy atom. The summed E-state index contributed by atoms with van der Waals surface area (Å²) < 4.78 is 11.6. The summed E-state index contributed by atoms with van der Waals surface area (Å²) in [4.78, 5) is 27.4. The van der Waals surface area contributed by atoms with Crippen molar-refractivity contribution in [1.29, 1.82) is 0 Å². The van der Waals surface area contributed by atoms with E-state index in [1.807, 2.05) is 56.3 Å². The van der Waals surface area contributed by atoms with Gasteiger partial charge in [0.15, 0.2) is 11.6 Å². The molecule has 7 nitrogen and oxygen atoms in total. The topological polar surface area (TPSA) is 85.1 Å². The first-order chi connectivity index (χ1) is 20.9. The molecule has 3 aromatic carbocycles. The maximum Gasteiger partial charge on any atom is 0.162 e. The van der Waals surface area contributed by atoms with Crippen LogP contribution in [0.25, 0.3) is 0 Å². The van der Waals surface area contributed by atoms with Gasteiger partial charge in [-0.1, -0.05) is 73.1 Å². The molecule has 2 aliphatic rings. The van der Waals surface area contributed by atoms with Crippen molar-refractivity contribution in [2.75, 3.05) is 62.4 Å². The lowest BCUT2D eigenvalue weighted by Crippen LogP contribution is -2.36. The molecule has 232 valence electrons. The minimum Gasteiger partial charge on any atom is -0.378 e. The Bertz CT molecular complexity index is 1290. The van der Waals surface area contributed by atoms with Crippen molar-refractivity contribution in [3.63, 3.8) is 0 Å². The molecule has 5 rings (SSSR count). The summed E-state index contributed by atoms with van der Waals surface area (Å²) in [7, 11) is 0. The first-order valence-electron chi connectivity index (χ1n) is 15.3. The quantitative estimate of drug-likeness (QED) is 0.260. The summed E-state index contributed by atoms with van der Waals surface area (Å²) >= 11 is 3.31. The summed E-state index contributed by atoms with van der Waals surface area (Å²) in [6.45, 7) is 12.8. The second-order valence-electron chi connectivity index (χ2n) is 10.4. The Morgan fingerprint density at radius 3 is 1.67 bits per heavy atom. The number of hydrogen-bond donors (Lipinski definition) is 1. The third-order valence-corrected chi connectivity index (χ3v) is 7.94. The number of hydrogen-bond acceptors (Lipinski definition) is 7. The molecule has 0 aromatic heterocycles. The summed E-state index contributed by atoms with van der Waals surface area (Å²) in [6.07, 6.45) is 2.11. The van der Waals surface area contributed by atoms with Gasteiger partial charge in [-0.15, -0.1) is 0 Å². The van der Waals surface area contributed by atoms with Crippen molar-refractivity contribution in [2.45, 2.75) is 46.1 Å². The van der Waals surface area contributed by atoms with Gasteiger partial charge in [-0.25, -0.2) is 0 Å². The normalized spacial score (nSPS) is 15.4. The lowest BCUT2D eigenvalue weighted by atomic mass is 10.0. The van der Waals surface area contributed by atoms with E-state index in [1.165, 1.54) is 11.3 Å². The highest BCUT2D eigenvalue weighted by Gasteiger charge is 2.14. The van der Waals surface area contributed by atoms with E-state index in [0.717, 1.165) is 80.3 Å². The third-order valence-electron chi connectivity index (χ3n) is 7.45. The lowest BCUT2D eigenvalue weighted by Gasteiger charge is -2.29. The predicted molar refractivity (Wildman–Crippen MR) is 180 cm³/mol. The zero-order valence-corrected chi connectivity index (χ0v) is 27.4. The number of benzene rings is 3. The van der Waals surface area contributed by atoms with Crippen LogP contribution in [0.15, 0.2) is 77.3 Å². The maximum atomic E-state index is 11.6. The minimum absolute atomic E-state index is 0.154. The van der Waals surface area contributed by atoms with Gasteiger partial charge in [0.2, 0.25) is 0 Å². The second-order valence-corrected chi connectivity index (χ2v) is 11.3. The fourth-order valence-electron chi connectivity index (χ4n) is 4.78. The van der Waals surface area contributed by atoms with Crippen LogP contribution in [-0.2, 0) is 9.47 Å². The molecular formula is C35H46BrN3O4. The number of ketones is 2. The number of nitrogens with zero attached hydrogens (tertiary/aromatic N) is 2. The van der Waals surface area contributed by atoms with E-state index in [1.54, 1.807) is 0 Å². The van der Waals surface area contributed by atoms with E-state index in [4.69, 9.17) is 15.2 Å². The molecule has 0 aliphatic carbocycles. The fraction of sp³-hybridized carbons (Fsp3) is 0.429. The number of rotatable bonds is 8. The van der Waals surface area contributed by atoms with Crippen LogP contribution in [0.5, 0.6) is 0 Å². The Morgan fingerprint density at radius 2 is 1.19 bits per heavy atom. The number of nitrogens with two attached hydrogens (primary N) is 1. The molecule has 8 heteroatoms. The van der Waals surface area contributed by atoms with Gasteiger partial charge in [-0.05, 0) is 48.4 Å². The molecule has 1 unspecified atom stereocenters. The van der Waals surface area contributed by atoms with Gasteiger partial charge in [0.1, 0.15) is 0 Å². The first kappa shape index (κ1) is 34.5. The predicted octanol–water partition coefficient (Wildman–Crippen LogP) is 7.09. The number of anilines is 2. The van der Waals surface area contributed by atoms with Crippen LogP contribution < -0.4 is 15.5 Å². The monoisotopic (exact) mass is 651 g/mol. The zero-order chi connectivity index (χ0) is 31.0. The van der Waals surface area contributed by atoms with Crippen LogP contribution in [0.1, 0.15) is 72.4 Å². The van der Waals surface area contributed by atoms with Gasteiger partial charge in [0.25, 0.3) is 0 Å². The van der Waals surface area contributed by atoms with Crippen LogP contribution in [0.2, 0.25) is 0 Å². The Hall–Kier alpha value is -3.04. The van der Waals surface area contributed by atoms with Crippen LogP contribution in [-0.4, -0.2) is 64.2 Å². The van der Waals surface area contributed by atoms with Gasteiger partial charge in [0, 0.05) is 72.0 Å². The van der Waals surface area contributed by atoms with Gasteiger partial charge in [-0.3, -0.25) is 9.59 Å². The highest BCUT2D eigenvalue weighted by atomic mass is 79.9. The molecule has 43 heavy (non-hydrogen) atoms. The highest BCUT2D eigenvalue weighted by molar-refractivity contribution is 9.10. The molecule has 1 atom stereocenters. The van der Waals surface area contributed by atoms with Gasteiger partial charge in [-0.2, -0.15) is 0 Å². The summed E-state index contributed by atoms with van der Waals surface area (Å²) in [5.74, 6) is 0.390. The molecule has 0 radical (unpaired) electrons. The summed E-state index contributed by atoms with van der Waals surface area (Å²) in [6, 6.07) is 24.0. The van der Waals surface area contributed by atoms with E-state index >= 15 is 0 Å². The van der Waals surface area contributed by atoms with Crippen molar-refractivity contribution in [3.05, 3.63) is 94.0 Å². The molecule has 0 spiro atoms. The SMILES string of the molecule is CCC(=O)c1cccc(Br)c1.CCC(=O)c1cccc(N2CCOCC2)c1.CCC(N)c1cccc(N2CCOCC2)c1. The lowest BCUT2D eigenvalue weighted by molar-refractivity contribution is 0.0980. The molecule has 0 bridgehead atoms. The van der Waals surface area contributed by atoms with E-state index in [9.17, 15) is 9.59 Å². The molecule has 0 saturated carbocycles. The number of carbonyl (C=O) groups excluding carboxylic acids is 2. The molecule has 0 amide bonds. The van der Waals surface area contributed by atoms with Crippen LogP contribution in [0.4, 0.5) is 11.4 Å². The third kappa shape index (κ3) is 11.2. The van der Waals surface area contributed by atoms with Gasteiger partial charge in [0.05, 0.1) is 26.4 Å². The van der Waals surface area contributed by atoms with Crippen molar-refractivity contribution in [2.24, 2.45) is 5.73 Å². The summed E-state index contributed by atoms with van der Waals surface area (Å²) in [5, 5.41) is 0. The van der Waals surface area contributed by atoms with Crippen LogP contribution in [0, 0.1) is 0 Å². The van der Waals surface area contributed by atoms with Crippen LogP contribution in [0.3, 0.4) is 0 Å². The van der Waals surface area contributed by atoms with Crippen molar-refractivity contribution >= 4 is 38.9 Å². The van der Waals surface area contributed by atoms with E-state index in [0.29, 0.717) is 12.8 Å². The maximum absolute atomic E-state index is 11.6. The van der Waals surface area contributed by atoms with Crippen molar-refractivity contribution < 1.29 is 19.1 Å². The number of morpholine rings is 2. The molecule has 3 aromatic rings. The average molecular weight is 653 g/mol. The molecule has 2 fully saturated rings. The molecule has 2 N–H and O–H groups in total. The Kier molecular flexibility index (Phi) is 14.9. The first-order valence-corrected chi connectivity index (χ1v) is 16.1. The van der Waals surface area contributed by atoms with Crippen LogP contribution >= 0.6 is 15.9 Å². The standard InChI is InChI=1S/C13H20N2O.C13H17NO2.C9H9BrO/c1-2-13(14)11-4-3-5-12(10-11)15-6-8-16-9-7-15;1-2-13(15)11-4-3-5-12(10-11)14-6-8-16-9-7-14;1-2-9(11)7-4-3-5-8(10)6-7/h3-5,10,13H,2,6-9,14H2,1H3;3-5,10H,2,6-9H2,1H3;3-6H,2H2,1H3. The fourth-order valence-corrected chi connectivity index (χ4v) is 5.18. The van der Waals surface area contributed by atoms with Crippen molar-refractivity contribution in [1.82, 2.24) is 0 Å². The highest BCUT2D eigenvalue weighted by Crippen LogP contribution is 2.22. The number of halogens is 1. The van der Waals surface area contributed by atoms with E-state index in [2.05, 4.69) is 63.0 Å². The van der Waals surface area contributed by atoms with Gasteiger partial charge >= 0.3 is 0 Å². The average Bonchev–Trinajstić information content (AvgIpc) is 3.08. The zero-order valence-electron chi connectivity index (χ0n) is 25.8. The van der Waals surface area contributed by atoms with Crippen molar-refractivity contribution in [3.8, 4) is 0 Å². The largest absolute Gasteiger partial charge is 0.378 e. The molecule has 2 heterocycles. The molecule has 2 saturated heterocycles. The molecule has 2 aliphatic heterocycles. The smallest absolute Gasteiger partial charge is 0.162 e. The number of carbonyl (C=O) groups is 2. The molecular weight excluding hydrogens is 606 g/mol.